The SMILES string of the molecule is CS(=O)(=O)c1ccc2c(c1)CCNC2. The lowest BCUT2D eigenvalue weighted by Gasteiger charge is -2.17. The molecule has 1 N–H and O–H groups in total. The monoisotopic (exact) mass is 211 g/mol. The molecule has 0 saturated carbocycles. The van der Waals surface area contributed by atoms with E-state index in [2.05, 4.69) is 5.32 Å². The third kappa shape index (κ3) is 1.81. The van der Waals surface area contributed by atoms with E-state index in [1.54, 1.807) is 12.1 Å². The molecule has 1 aliphatic heterocycles. The van der Waals surface area contributed by atoms with Crippen molar-refractivity contribution >= 4 is 9.84 Å². The van der Waals surface area contributed by atoms with E-state index in [4.69, 9.17) is 0 Å². The number of rotatable bonds is 1. The molecule has 0 spiro atoms. The van der Waals surface area contributed by atoms with Crippen molar-refractivity contribution in [2.24, 2.45) is 0 Å². The van der Waals surface area contributed by atoms with Gasteiger partial charge in [0.25, 0.3) is 0 Å². The molecule has 0 fully saturated rings. The van der Waals surface area contributed by atoms with Crippen LogP contribution >= 0.6 is 0 Å². The maximum Gasteiger partial charge on any atom is 0.175 e. The number of nitrogens with one attached hydrogen (secondary N) is 1. The summed E-state index contributed by atoms with van der Waals surface area (Å²) >= 11 is 0. The molecule has 0 aromatic heterocycles. The number of fused-ring (bicyclic) bond motifs is 1. The van der Waals surface area contributed by atoms with Gasteiger partial charge in [-0.25, -0.2) is 8.42 Å². The molecule has 1 aromatic carbocycles. The Morgan fingerprint density at radius 3 is 2.79 bits per heavy atom. The molecule has 0 aliphatic carbocycles. The van der Waals surface area contributed by atoms with Crippen molar-refractivity contribution in [1.29, 1.82) is 0 Å². The zero-order chi connectivity index (χ0) is 10.2. The first-order valence-corrected chi connectivity index (χ1v) is 6.49. The molecule has 1 heterocycles. The normalized spacial score (nSPS) is 16.4. The van der Waals surface area contributed by atoms with Crippen molar-refractivity contribution in [2.45, 2.75) is 17.9 Å². The van der Waals surface area contributed by atoms with Crippen molar-refractivity contribution in [3.8, 4) is 0 Å². The van der Waals surface area contributed by atoms with Crippen LogP contribution in [0.2, 0.25) is 0 Å². The van der Waals surface area contributed by atoms with Gasteiger partial charge >= 0.3 is 0 Å². The van der Waals surface area contributed by atoms with Crippen LogP contribution in [0, 0.1) is 0 Å². The van der Waals surface area contributed by atoms with Crippen LogP contribution in [0.4, 0.5) is 0 Å². The minimum Gasteiger partial charge on any atom is -0.312 e. The molecule has 1 aromatic rings. The van der Waals surface area contributed by atoms with Crippen LogP contribution in [0.25, 0.3) is 0 Å². The largest absolute Gasteiger partial charge is 0.312 e. The van der Waals surface area contributed by atoms with Crippen molar-refractivity contribution in [3.63, 3.8) is 0 Å². The Kier molecular flexibility index (Phi) is 2.33. The summed E-state index contributed by atoms with van der Waals surface area (Å²) in [6, 6.07) is 5.38. The lowest BCUT2D eigenvalue weighted by molar-refractivity contribution is 0.600. The number of benzene rings is 1. The molecular weight excluding hydrogens is 198 g/mol. The molecule has 0 radical (unpaired) electrons. The number of sulfone groups is 1. The topological polar surface area (TPSA) is 46.2 Å². The Balaban J connectivity index is 2.49. The average molecular weight is 211 g/mol. The Morgan fingerprint density at radius 2 is 2.07 bits per heavy atom. The maximum atomic E-state index is 11.3. The van der Waals surface area contributed by atoms with Crippen molar-refractivity contribution in [2.75, 3.05) is 12.8 Å². The van der Waals surface area contributed by atoms with Gasteiger partial charge in [0.2, 0.25) is 0 Å². The van der Waals surface area contributed by atoms with Gasteiger partial charge in [0.1, 0.15) is 0 Å². The summed E-state index contributed by atoms with van der Waals surface area (Å²) in [6.45, 7) is 1.78. The quantitative estimate of drug-likeness (QED) is 0.745. The van der Waals surface area contributed by atoms with Crippen LogP contribution in [-0.4, -0.2) is 21.2 Å². The summed E-state index contributed by atoms with van der Waals surface area (Å²) < 4.78 is 22.6. The predicted octanol–water partition coefficient (Wildman–Crippen LogP) is 0.736. The second-order valence-electron chi connectivity index (χ2n) is 3.63. The molecule has 4 heteroatoms. The van der Waals surface area contributed by atoms with Crippen molar-refractivity contribution in [1.82, 2.24) is 5.32 Å². The highest BCUT2D eigenvalue weighted by Crippen LogP contribution is 2.18. The molecule has 0 bridgehead atoms. The molecule has 0 saturated heterocycles. The maximum absolute atomic E-state index is 11.3. The molecule has 14 heavy (non-hydrogen) atoms. The van der Waals surface area contributed by atoms with Gasteiger partial charge in [0.15, 0.2) is 9.84 Å². The van der Waals surface area contributed by atoms with Crippen LogP contribution < -0.4 is 5.32 Å². The third-order valence-corrected chi connectivity index (χ3v) is 3.60. The highest BCUT2D eigenvalue weighted by atomic mass is 32.2. The lowest BCUT2D eigenvalue weighted by Crippen LogP contribution is -2.23. The van der Waals surface area contributed by atoms with E-state index in [1.165, 1.54) is 11.8 Å². The molecule has 0 atom stereocenters. The first-order chi connectivity index (χ1) is 6.57. The van der Waals surface area contributed by atoms with Crippen LogP contribution in [0.15, 0.2) is 23.1 Å². The Bertz CT molecular complexity index is 451. The van der Waals surface area contributed by atoms with E-state index in [9.17, 15) is 8.42 Å². The summed E-state index contributed by atoms with van der Waals surface area (Å²) in [5.74, 6) is 0. The van der Waals surface area contributed by atoms with Crippen molar-refractivity contribution in [3.05, 3.63) is 29.3 Å². The van der Waals surface area contributed by atoms with Gasteiger partial charge in [0.05, 0.1) is 4.90 Å². The second kappa shape index (κ2) is 3.37. The van der Waals surface area contributed by atoms with Gasteiger partial charge in [-0.15, -0.1) is 0 Å². The van der Waals surface area contributed by atoms with Gasteiger partial charge in [-0.1, -0.05) is 6.07 Å². The van der Waals surface area contributed by atoms with E-state index in [1.807, 2.05) is 6.07 Å². The second-order valence-corrected chi connectivity index (χ2v) is 5.65. The zero-order valence-corrected chi connectivity index (χ0v) is 8.89. The van der Waals surface area contributed by atoms with Crippen LogP contribution in [0.1, 0.15) is 11.1 Å². The molecule has 3 nitrogen and oxygen atoms in total. The molecular formula is C10H13NO2S. The van der Waals surface area contributed by atoms with Gasteiger partial charge in [0, 0.05) is 12.8 Å². The van der Waals surface area contributed by atoms with Crippen LogP contribution in [0.3, 0.4) is 0 Å². The first-order valence-electron chi connectivity index (χ1n) is 4.60. The number of hydrogen-bond donors (Lipinski definition) is 1. The third-order valence-electron chi connectivity index (χ3n) is 2.49. The number of hydrogen-bond acceptors (Lipinski definition) is 3. The highest BCUT2D eigenvalue weighted by molar-refractivity contribution is 7.90. The molecule has 0 amide bonds. The summed E-state index contributed by atoms with van der Waals surface area (Å²) in [4.78, 5) is 0.429. The first kappa shape index (κ1) is 9.68. The lowest BCUT2D eigenvalue weighted by atomic mass is 10.0. The van der Waals surface area contributed by atoms with Gasteiger partial charge < -0.3 is 5.32 Å². The molecule has 76 valence electrons. The van der Waals surface area contributed by atoms with E-state index >= 15 is 0 Å². The summed E-state index contributed by atoms with van der Waals surface area (Å²) in [5, 5.41) is 3.25. The van der Waals surface area contributed by atoms with Crippen LogP contribution in [0.5, 0.6) is 0 Å². The van der Waals surface area contributed by atoms with Gasteiger partial charge in [-0.05, 0) is 36.2 Å². The fourth-order valence-corrected chi connectivity index (χ4v) is 2.36. The van der Waals surface area contributed by atoms with Crippen molar-refractivity contribution < 1.29 is 8.42 Å². The highest BCUT2D eigenvalue weighted by Gasteiger charge is 2.12. The van der Waals surface area contributed by atoms with Crippen LogP contribution in [-0.2, 0) is 22.8 Å². The molecule has 0 unspecified atom stereocenters. The average Bonchev–Trinajstić information content (AvgIpc) is 2.16. The standard InChI is InChI=1S/C10H13NO2S/c1-14(12,13)10-3-2-9-7-11-5-4-8(9)6-10/h2-3,6,11H,4-5,7H2,1H3. The van der Waals surface area contributed by atoms with Gasteiger partial charge in [-0.2, -0.15) is 0 Å². The van der Waals surface area contributed by atoms with E-state index in [0.717, 1.165) is 25.1 Å². The van der Waals surface area contributed by atoms with E-state index in [-0.39, 0.29) is 0 Å². The Labute approximate surface area is 84.1 Å². The summed E-state index contributed by atoms with van der Waals surface area (Å²) in [5.41, 5.74) is 2.37. The summed E-state index contributed by atoms with van der Waals surface area (Å²) in [7, 11) is -3.06. The minimum absolute atomic E-state index is 0.429. The van der Waals surface area contributed by atoms with E-state index in [0.29, 0.717) is 4.90 Å². The van der Waals surface area contributed by atoms with E-state index < -0.39 is 9.84 Å². The minimum atomic E-state index is -3.06. The Hall–Kier alpha value is -0.870. The summed E-state index contributed by atoms with van der Waals surface area (Å²) in [6.07, 6.45) is 2.16. The Morgan fingerprint density at radius 1 is 1.29 bits per heavy atom. The molecule has 1 aliphatic rings. The smallest absolute Gasteiger partial charge is 0.175 e. The molecule has 2 rings (SSSR count). The zero-order valence-electron chi connectivity index (χ0n) is 8.08. The predicted molar refractivity (Wildman–Crippen MR) is 55.0 cm³/mol. The fourth-order valence-electron chi connectivity index (χ4n) is 1.68. The van der Waals surface area contributed by atoms with Gasteiger partial charge in [-0.3, -0.25) is 0 Å². The fraction of sp³-hybridized carbons (Fsp3) is 0.400.